The van der Waals surface area contributed by atoms with Gasteiger partial charge in [-0.2, -0.15) is 4.98 Å². The van der Waals surface area contributed by atoms with E-state index < -0.39 is 22.0 Å². The van der Waals surface area contributed by atoms with Crippen LogP contribution in [0.4, 0.5) is 5.69 Å². The lowest BCUT2D eigenvalue weighted by molar-refractivity contribution is -0.387. The van der Waals surface area contributed by atoms with Gasteiger partial charge in [-0.15, -0.1) is 0 Å². The minimum Gasteiger partial charge on any atom is -0.490 e. The summed E-state index contributed by atoms with van der Waals surface area (Å²) in [7, 11) is 0. The predicted molar refractivity (Wildman–Crippen MR) is 136 cm³/mol. The van der Waals surface area contributed by atoms with Gasteiger partial charge in [0.1, 0.15) is 12.4 Å². The molecule has 0 amide bonds. The molecule has 0 saturated heterocycles. The average Bonchev–Trinajstić information content (AvgIpc) is 2.82. The Balaban J connectivity index is 1.61. The van der Waals surface area contributed by atoms with Crippen molar-refractivity contribution in [3.8, 4) is 17.4 Å². The molecular formula is C25H20BrN3O6. The summed E-state index contributed by atoms with van der Waals surface area (Å²) in [6.45, 7) is 2.61. The van der Waals surface area contributed by atoms with Gasteiger partial charge in [-0.1, -0.05) is 48.5 Å². The maximum absolute atomic E-state index is 11.8. The van der Waals surface area contributed by atoms with E-state index in [2.05, 4.69) is 32.0 Å². The Labute approximate surface area is 208 Å². The largest absolute Gasteiger partial charge is 0.490 e. The maximum atomic E-state index is 11.8. The third-order valence-corrected chi connectivity index (χ3v) is 5.68. The van der Waals surface area contributed by atoms with E-state index in [4.69, 9.17) is 9.47 Å². The second-order valence-corrected chi connectivity index (χ2v) is 8.26. The van der Waals surface area contributed by atoms with Crippen LogP contribution < -0.4 is 15.0 Å². The zero-order valence-corrected chi connectivity index (χ0v) is 20.1. The molecule has 35 heavy (non-hydrogen) atoms. The van der Waals surface area contributed by atoms with Crippen LogP contribution in [-0.4, -0.2) is 26.6 Å². The molecule has 0 unspecified atom stereocenters. The van der Waals surface area contributed by atoms with Crippen LogP contribution in [0.3, 0.4) is 0 Å². The number of nitrogens with zero attached hydrogens (tertiary/aromatic N) is 2. The van der Waals surface area contributed by atoms with E-state index in [0.29, 0.717) is 34.7 Å². The monoisotopic (exact) mass is 537 g/mol. The highest BCUT2D eigenvalue weighted by molar-refractivity contribution is 9.10. The molecule has 2 N–H and O–H groups in total. The lowest BCUT2D eigenvalue weighted by atomic mass is 10.1. The fraction of sp³-hybridized carbons (Fsp3) is 0.120. The SMILES string of the molecule is CCOc1cc(/C=C\c2nc(O)c([N+](=O)[O-])c(=O)[nH]2)cc(Br)c1OCc1cccc2ccccc12. The standard InChI is InChI=1S/C25H20BrN3O6/c1-2-34-20-13-15(10-11-21-27-24(30)22(29(32)33)25(31)28-21)12-19(26)23(20)35-14-17-8-5-7-16-6-3-4-9-18(16)17/h3-13H,2,14H2,1H3,(H2,27,28,30,31)/b11-10-. The summed E-state index contributed by atoms with van der Waals surface area (Å²) >= 11 is 3.54. The molecule has 0 spiro atoms. The van der Waals surface area contributed by atoms with Crippen LogP contribution in [-0.2, 0) is 6.61 Å². The first-order chi connectivity index (χ1) is 16.9. The highest BCUT2D eigenvalue weighted by atomic mass is 79.9. The predicted octanol–water partition coefficient (Wildman–Crippen LogP) is 5.45. The highest BCUT2D eigenvalue weighted by Gasteiger charge is 2.21. The lowest BCUT2D eigenvalue weighted by Gasteiger charge is -2.15. The Morgan fingerprint density at radius 1 is 1.14 bits per heavy atom. The summed E-state index contributed by atoms with van der Waals surface area (Å²) in [5.41, 5.74) is -0.334. The number of halogens is 1. The fourth-order valence-electron chi connectivity index (χ4n) is 3.55. The van der Waals surface area contributed by atoms with Crippen molar-refractivity contribution in [1.82, 2.24) is 9.97 Å². The number of rotatable bonds is 8. The zero-order valence-electron chi connectivity index (χ0n) is 18.5. The van der Waals surface area contributed by atoms with Gasteiger partial charge in [0.05, 0.1) is 16.0 Å². The van der Waals surface area contributed by atoms with Crippen molar-refractivity contribution in [2.45, 2.75) is 13.5 Å². The van der Waals surface area contributed by atoms with Gasteiger partial charge in [-0.25, -0.2) is 0 Å². The number of aromatic hydroxyl groups is 1. The highest BCUT2D eigenvalue weighted by Crippen LogP contribution is 2.38. The first-order valence-electron chi connectivity index (χ1n) is 10.6. The first-order valence-corrected chi connectivity index (χ1v) is 11.4. The third-order valence-electron chi connectivity index (χ3n) is 5.09. The minimum absolute atomic E-state index is 0.0385. The number of benzene rings is 3. The third kappa shape index (κ3) is 5.33. The van der Waals surface area contributed by atoms with Crippen LogP contribution in [0.5, 0.6) is 17.4 Å². The van der Waals surface area contributed by atoms with Crippen LogP contribution in [0.15, 0.2) is 63.9 Å². The van der Waals surface area contributed by atoms with E-state index in [1.165, 1.54) is 6.08 Å². The summed E-state index contributed by atoms with van der Waals surface area (Å²) in [6.07, 6.45) is 3.03. The number of nitrogens with one attached hydrogen (secondary N) is 1. The molecule has 0 fully saturated rings. The normalized spacial score (nSPS) is 11.1. The van der Waals surface area contributed by atoms with E-state index >= 15 is 0 Å². The average molecular weight is 538 g/mol. The van der Waals surface area contributed by atoms with Gasteiger partial charge in [0.25, 0.3) is 5.88 Å². The molecule has 0 atom stereocenters. The molecule has 0 radical (unpaired) electrons. The van der Waals surface area contributed by atoms with Gasteiger partial charge in [0.2, 0.25) is 0 Å². The Bertz CT molecular complexity index is 1490. The van der Waals surface area contributed by atoms with Crippen molar-refractivity contribution in [3.05, 3.63) is 96.5 Å². The second kappa shape index (κ2) is 10.4. The van der Waals surface area contributed by atoms with Crippen molar-refractivity contribution in [2.75, 3.05) is 6.61 Å². The van der Waals surface area contributed by atoms with Crippen LogP contribution in [0.25, 0.3) is 22.9 Å². The number of nitro groups is 1. The molecule has 4 rings (SSSR count). The first kappa shape index (κ1) is 24.0. The summed E-state index contributed by atoms with van der Waals surface area (Å²) in [5, 5.41) is 22.8. The fourth-order valence-corrected chi connectivity index (χ4v) is 4.12. The molecule has 9 nitrogen and oxygen atoms in total. The molecular weight excluding hydrogens is 518 g/mol. The summed E-state index contributed by atoms with van der Waals surface area (Å²) in [4.78, 5) is 27.6. The van der Waals surface area contributed by atoms with Gasteiger partial charge in [-0.05, 0) is 63.0 Å². The quantitative estimate of drug-likeness (QED) is 0.226. The molecule has 1 heterocycles. The molecule has 4 aromatic rings. The molecule has 0 bridgehead atoms. The molecule has 178 valence electrons. The minimum atomic E-state index is -1.05. The van der Waals surface area contributed by atoms with Gasteiger partial charge in [0.15, 0.2) is 11.5 Å². The molecule has 0 aliphatic carbocycles. The number of hydrogen-bond acceptors (Lipinski definition) is 7. The van der Waals surface area contributed by atoms with Crippen LogP contribution >= 0.6 is 15.9 Å². The van der Waals surface area contributed by atoms with E-state index in [0.717, 1.165) is 16.3 Å². The lowest BCUT2D eigenvalue weighted by Crippen LogP contribution is -2.14. The summed E-state index contributed by atoms with van der Waals surface area (Å²) in [6, 6.07) is 17.7. The second-order valence-electron chi connectivity index (χ2n) is 7.40. The Morgan fingerprint density at radius 3 is 2.66 bits per heavy atom. The molecule has 1 aromatic heterocycles. The van der Waals surface area contributed by atoms with Crippen molar-refractivity contribution >= 4 is 44.5 Å². The summed E-state index contributed by atoms with van der Waals surface area (Å²) in [5.74, 6) is 0.0569. The van der Waals surface area contributed by atoms with E-state index in [1.54, 1.807) is 18.2 Å². The van der Waals surface area contributed by atoms with Crippen molar-refractivity contribution < 1.29 is 19.5 Å². The van der Waals surface area contributed by atoms with E-state index in [1.807, 2.05) is 43.3 Å². The molecule has 3 aromatic carbocycles. The van der Waals surface area contributed by atoms with E-state index in [9.17, 15) is 20.0 Å². The Hall–Kier alpha value is -4.18. The van der Waals surface area contributed by atoms with Gasteiger partial charge < -0.3 is 19.6 Å². The van der Waals surface area contributed by atoms with Gasteiger partial charge >= 0.3 is 11.2 Å². The summed E-state index contributed by atoms with van der Waals surface area (Å²) < 4.78 is 12.6. The topological polar surface area (TPSA) is 128 Å². The molecule has 0 saturated carbocycles. The number of aromatic nitrogens is 2. The van der Waals surface area contributed by atoms with Crippen molar-refractivity contribution in [1.29, 1.82) is 0 Å². The molecule has 10 heteroatoms. The van der Waals surface area contributed by atoms with Crippen molar-refractivity contribution in [3.63, 3.8) is 0 Å². The Morgan fingerprint density at radius 2 is 1.91 bits per heavy atom. The van der Waals surface area contributed by atoms with Gasteiger partial charge in [0, 0.05) is 0 Å². The number of H-pyrrole nitrogens is 1. The number of hydrogen-bond donors (Lipinski definition) is 2. The Kier molecular flexibility index (Phi) is 7.11. The number of ether oxygens (including phenoxy) is 2. The van der Waals surface area contributed by atoms with Crippen molar-refractivity contribution in [2.24, 2.45) is 0 Å². The van der Waals surface area contributed by atoms with Crippen LogP contribution in [0.2, 0.25) is 0 Å². The van der Waals surface area contributed by atoms with E-state index in [-0.39, 0.29) is 5.82 Å². The smallest absolute Gasteiger partial charge is 0.395 e. The molecule has 0 aliphatic rings. The maximum Gasteiger partial charge on any atom is 0.395 e. The van der Waals surface area contributed by atoms with Crippen LogP contribution in [0, 0.1) is 10.1 Å². The molecule has 0 aliphatic heterocycles. The zero-order chi connectivity index (χ0) is 24.9. The van der Waals surface area contributed by atoms with Gasteiger partial charge in [-0.3, -0.25) is 14.9 Å². The number of aromatic amines is 1. The van der Waals surface area contributed by atoms with Crippen LogP contribution in [0.1, 0.15) is 23.9 Å². The number of fused-ring (bicyclic) bond motifs is 1.